The SMILES string of the molecule is Cc1cc(C(C)C)ccc1OC(C)C(=O)N1CCN(Cc2ccccc2)CC1. The predicted molar refractivity (Wildman–Crippen MR) is 114 cm³/mol. The van der Waals surface area contributed by atoms with E-state index in [2.05, 4.69) is 55.1 Å². The minimum absolute atomic E-state index is 0.0756. The maximum atomic E-state index is 12.8. The van der Waals surface area contributed by atoms with E-state index in [9.17, 15) is 4.79 Å². The Balaban J connectivity index is 1.52. The minimum Gasteiger partial charge on any atom is -0.481 e. The summed E-state index contributed by atoms with van der Waals surface area (Å²) in [6, 6.07) is 16.7. The van der Waals surface area contributed by atoms with E-state index in [0.29, 0.717) is 5.92 Å². The fraction of sp³-hybridized carbons (Fsp3) is 0.458. The number of hydrogen-bond acceptors (Lipinski definition) is 3. The summed E-state index contributed by atoms with van der Waals surface area (Å²) in [5.41, 5.74) is 3.69. The van der Waals surface area contributed by atoms with Crippen LogP contribution in [0.1, 0.15) is 43.4 Å². The van der Waals surface area contributed by atoms with Gasteiger partial charge in [0.05, 0.1) is 0 Å². The molecule has 4 heteroatoms. The Labute approximate surface area is 169 Å². The summed E-state index contributed by atoms with van der Waals surface area (Å²) in [5.74, 6) is 1.36. The highest BCUT2D eigenvalue weighted by Gasteiger charge is 2.26. The van der Waals surface area contributed by atoms with E-state index in [4.69, 9.17) is 4.74 Å². The topological polar surface area (TPSA) is 32.8 Å². The van der Waals surface area contributed by atoms with Crippen LogP contribution in [0.5, 0.6) is 5.75 Å². The molecule has 28 heavy (non-hydrogen) atoms. The van der Waals surface area contributed by atoms with Crippen molar-refractivity contribution in [2.45, 2.75) is 46.3 Å². The summed E-state index contributed by atoms with van der Waals surface area (Å²) < 4.78 is 6.01. The highest BCUT2D eigenvalue weighted by molar-refractivity contribution is 5.81. The van der Waals surface area contributed by atoms with Crippen LogP contribution in [0.4, 0.5) is 0 Å². The van der Waals surface area contributed by atoms with Gasteiger partial charge in [-0.25, -0.2) is 0 Å². The maximum Gasteiger partial charge on any atom is 0.263 e. The molecule has 4 nitrogen and oxygen atoms in total. The largest absolute Gasteiger partial charge is 0.481 e. The number of carbonyl (C=O) groups is 1. The van der Waals surface area contributed by atoms with Gasteiger partial charge in [-0.1, -0.05) is 56.3 Å². The van der Waals surface area contributed by atoms with Crippen molar-refractivity contribution in [3.8, 4) is 5.75 Å². The van der Waals surface area contributed by atoms with Gasteiger partial charge in [-0.2, -0.15) is 0 Å². The molecule has 1 aliphatic heterocycles. The second kappa shape index (κ2) is 9.24. The van der Waals surface area contributed by atoms with Crippen molar-refractivity contribution in [3.63, 3.8) is 0 Å². The number of hydrogen-bond donors (Lipinski definition) is 0. The van der Waals surface area contributed by atoms with Crippen LogP contribution in [0.3, 0.4) is 0 Å². The second-order valence-corrected chi connectivity index (χ2v) is 8.03. The van der Waals surface area contributed by atoms with Crippen molar-refractivity contribution in [3.05, 3.63) is 65.2 Å². The lowest BCUT2D eigenvalue weighted by Crippen LogP contribution is -2.51. The highest BCUT2D eigenvalue weighted by atomic mass is 16.5. The molecule has 0 N–H and O–H groups in total. The van der Waals surface area contributed by atoms with Gasteiger partial charge in [-0.3, -0.25) is 9.69 Å². The lowest BCUT2D eigenvalue weighted by atomic mass is 10.0. The Kier molecular flexibility index (Phi) is 6.74. The summed E-state index contributed by atoms with van der Waals surface area (Å²) in [4.78, 5) is 17.2. The molecule has 1 amide bonds. The third-order valence-corrected chi connectivity index (χ3v) is 5.45. The van der Waals surface area contributed by atoms with Gasteiger partial charge in [0.2, 0.25) is 0 Å². The first-order valence-corrected chi connectivity index (χ1v) is 10.3. The quantitative estimate of drug-likeness (QED) is 0.752. The Morgan fingerprint density at radius 2 is 1.68 bits per heavy atom. The first-order valence-electron chi connectivity index (χ1n) is 10.3. The van der Waals surface area contributed by atoms with Gasteiger partial charge in [-0.15, -0.1) is 0 Å². The number of nitrogens with zero attached hydrogens (tertiary/aromatic N) is 2. The van der Waals surface area contributed by atoms with Crippen LogP contribution in [0.25, 0.3) is 0 Å². The van der Waals surface area contributed by atoms with Crippen molar-refractivity contribution < 1.29 is 9.53 Å². The molecular formula is C24H32N2O2. The number of carbonyl (C=O) groups excluding carboxylic acids is 1. The van der Waals surface area contributed by atoms with Crippen molar-refractivity contribution in [2.24, 2.45) is 0 Å². The van der Waals surface area contributed by atoms with Gasteiger partial charge in [-0.05, 0) is 42.5 Å². The van der Waals surface area contributed by atoms with E-state index in [0.717, 1.165) is 44.0 Å². The lowest BCUT2D eigenvalue weighted by Gasteiger charge is -2.36. The van der Waals surface area contributed by atoms with E-state index in [1.807, 2.05) is 30.9 Å². The zero-order chi connectivity index (χ0) is 20.1. The molecule has 1 aliphatic rings. The number of amides is 1. The molecule has 1 heterocycles. The molecule has 1 fully saturated rings. The van der Waals surface area contributed by atoms with Gasteiger partial charge in [0.1, 0.15) is 5.75 Å². The molecule has 0 bridgehead atoms. The smallest absolute Gasteiger partial charge is 0.263 e. The third-order valence-electron chi connectivity index (χ3n) is 5.45. The van der Waals surface area contributed by atoms with Gasteiger partial charge in [0.25, 0.3) is 5.91 Å². The average Bonchev–Trinajstić information content (AvgIpc) is 2.70. The van der Waals surface area contributed by atoms with Crippen LogP contribution in [0.2, 0.25) is 0 Å². The van der Waals surface area contributed by atoms with Crippen LogP contribution in [0.15, 0.2) is 48.5 Å². The average molecular weight is 381 g/mol. The summed E-state index contributed by atoms with van der Waals surface area (Å²) in [6.07, 6.45) is -0.468. The van der Waals surface area contributed by atoms with Crippen LogP contribution in [-0.2, 0) is 11.3 Å². The second-order valence-electron chi connectivity index (χ2n) is 8.03. The van der Waals surface area contributed by atoms with Gasteiger partial charge < -0.3 is 9.64 Å². The number of piperazine rings is 1. The molecule has 3 rings (SSSR count). The molecule has 0 aromatic heterocycles. The molecule has 2 aromatic carbocycles. The Bertz CT molecular complexity index is 780. The van der Waals surface area contributed by atoms with E-state index in [1.54, 1.807) is 0 Å². The minimum atomic E-state index is -0.468. The Hall–Kier alpha value is -2.33. The van der Waals surface area contributed by atoms with Crippen molar-refractivity contribution in [1.29, 1.82) is 0 Å². The van der Waals surface area contributed by atoms with Crippen molar-refractivity contribution in [1.82, 2.24) is 9.80 Å². The zero-order valence-corrected chi connectivity index (χ0v) is 17.5. The van der Waals surface area contributed by atoms with Gasteiger partial charge in [0, 0.05) is 32.7 Å². The fourth-order valence-corrected chi connectivity index (χ4v) is 3.63. The van der Waals surface area contributed by atoms with Gasteiger partial charge >= 0.3 is 0 Å². The summed E-state index contributed by atoms with van der Waals surface area (Å²) in [7, 11) is 0. The zero-order valence-electron chi connectivity index (χ0n) is 17.5. The van der Waals surface area contributed by atoms with Crippen LogP contribution in [-0.4, -0.2) is 48.0 Å². The Morgan fingerprint density at radius 1 is 1.00 bits per heavy atom. The van der Waals surface area contributed by atoms with Crippen molar-refractivity contribution in [2.75, 3.05) is 26.2 Å². The van der Waals surface area contributed by atoms with E-state index in [-0.39, 0.29) is 5.91 Å². The molecular weight excluding hydrogens is 348 g/mol. The van der Waals surface area contributed by atoms with E-state index >= 15 is 0 Å². The maximum absolute atomic E-state index is 12.8. The van der Waals surface area contributed by atoms with Crippen LogP contribution < -0.4 is 4.74 Å². The van der Waals surface area contributed by atoms with E-state index < -0.39 is 6.10 Å². The summed E-state index contributed by atoms with van der Waals surface area (Å²) in [6.45, 7) is 12.5. The normalized spacial score (nSPS) is 16.2. The van der Waals surface area contributed by atoms with Crippen LogP contribution in [0, 0.1) is 6.92 Å². The highest BCUT2D eigenvalue weighted by Crippen LogP contribution is 2.24. The molecule has 2 aromatic rings. The first kappa shape index (κ1) is 20.4. The monoisotopic (exact) mass is 380 g/mol. The Morgan fingerprint density at radius 3 is 2.29 bits per heavy atom. The third kappa shape index (κ3) is 5.14. The van der Waals surface area contributed by atoms with Crippen LogP contribution >= 0.6 is 0 Å². The number of aryl methyl sites for hydroxylation is 1. The summed E-state index contributed by atoms with van der Waals surface area (Å²) in [5, 5.41) is 0. The number of benzene rings is 2. The standard InChI is InChI=1S/C24H32N2O2/c1-18(2)22-10-11-23(19(3)16-22)28-20(4)24(27)26-14-12-25(13-15-26)17-21-8-6-5-7-9-21/h5-11,16,18,20H,12-15,17H2,1-4H3. The molecule has 150 valence electrons. The number of ether oxygens (including phenoxy) is 1. The predicted octanol–water partition coefficient (Wildman–Crippen LogP) is 4.23. The van der Waals surface area contributed by atoms with E-state index in [1.165, 1.54) is 11.1 Å². The summed E-state index contributed by atoms with van der Waals surface area (Å²) >= 11 is 0. The first-order chi connectivity index (χ1) is 13.4. The van der Waals surface area contributed by atoms with Gasteiger partial charge in [0.15, 0.2) is 6.10 Å². The van der Waals surface area contributed by atoms with Crippen molar-refractivity contribution >= 4 is 5.91 Å². The molecule has 0 radical (unpaired) electrons. The number of rotatable bonds is 6. The molecule has 1 unspecified atom stereocenters. The molecule has 1 atom stereocenters. The molecule has 0 aliphatic carbocycles. The molecule has 0 saturated carbocycles. The lowest BCUT2D eigenvalue weighted by molar-refractivity contribution is -0.139. The molecule has 1 saturated heterocycles. The molecule has 0 spiro atoms. The fourth-order valence-electron chi connectivity index (χ4n) is 3.63.